The second-order valence-electron chi connectivity index (χ2n) is 6.23. The molecule has 5 rings (SSSR count). The van der Waals surface area contributed by atoms with Crippen molar-refractivity contribution >= 4 is 37.9 Å². The van der Waals surface area contributed by atoms with Crippen molar-refractivity contribution < 1.29 is 5.11 Å². The Morgan fingerprint density at radius 2 is 1.92 bits per heavy atom. The van der Waals surface area contributed by atoms with E-state index in [0.717, 1.165) is 39.3 Å². The van der Waals surface area contributed by atoms with Crippen LogP contribution in [0.1, 0.15) is 30.2 Å². The summed E-state index contributed by atoms with van der Waals surface area (Å²) in [6, 6.07) is 10.1. The first-order chi connectivity index (χ1) is 12.7. The van der Waals surface area contributed by atoms with Gasteiger partial charge in [0.25, 0.3) is 5.56 Å². The standard InChI is InChI=1S/C18H14N2OS2.C2H6O/c21-17-15-12-8-4-5-9-14(12)23-16(15)19-18-20(17)13(10-22-18)11-6-2-1-3-7-11;1-2-3/h1-3,6-7,10H,4-5,8-9H2;3H,2H2,1H3. The molecule has 1 N–H and O–H groups in total. The molecule has 0 spiro atoms. The number of aryl methyl sites for hydroxylation is 2. The SMILES string of the molecule is CCO.O=c1c2c3c(sc2nc2scc(-c4ccccc4)n12)CCCC3. The fourth-order valence-electron chi connectivity index (χ4n) is 3.45. The Bertz CT molecular complexity index is 1110. The maximum absolute atomic E-state index is 13.2. The summed E-state index contributed by atoms with van der Waals surface area (Å²) in [6.07, 6.45) is 4.52. The van der Waals surface area contributed by atoms with Crippen molar-refractivity contribution in [3.63, 3.8) is 0 Å². The molecule has 0 unspecified atom stereocenters. The first-order valence-electron chi connectivity index (χ1n) is 8.85. The highest BCUT2D eigenvalue weighted by atomic mass is 32.1. The van der Waals surface area contributed by atoms with Crippen LogP contribution >= 0.6 is 22.7 Å². The van der Waals surface area contributed by atoms with Gasteiger partial charge < -0.3 is 5.11 Å². The zero-order valence-electron chi connectivity index (χ0n) is 14.6. The van der Waals surface area contributed by atoms with E-state index in [-0.39, 0.29) is 12.2 Å². The monoisotopic (exact) mass is 384 g/mol. The van der Waals surface area contributed by atoms with E-state index in [1.54, 1.807) is 34.0 Å². The van der Waals surface area contributed by atoms with E-state index in [0.29, 0.717) is 0 Å². The first kappa shape index (κ1) is 17.4. The van der Waals surface area contributed by atoms with Crippen LogP contribution in [0.3, 0.4) is 0 Å². The summed E-state index contributed by atoms with van der Waals surface area (Å²) in [6.45, 7) is 1.93. The summed E-state index contributed by atoms with van der Waals surface area (Å²) in [4.78, 5) is 21.1. The molecular weight excluding hydrogens is 364 g/mol. The summed E-state index contributed by atoms with van der Waals surface area (Å²) >= 11 is 3.26. The Morgan fingerprint density at radius 1 is 1.19 bits per heavy atom. The van der Waals surface area contributed by atoms with Gasteiger partial charge >= 0.3 is 0 Å². The van der Waals surface area contributed by atoms with E-state index in [1.165, 1.54) is 23.3 Å². The van der Waals surface area contributed by atoms with E-state index in [9.17, 15) is 4.79 Å². The maximum Gasteiger partial charge on any atom is 0.268 e. The van der Waals surface area contributed by atoms with Crippen LogP contribution in [0.5, 0.6) is 0 Å². The highest BCUT2D eigenvalue weighted by Gasteiger charge is 2.21. The number of thiophene rings is 1. The van der Waals surface area contributed by atoms with Crippen LogP contribution in [0.25, 0.3) is 26.4 Å². The molecule has 0 amide bonds. The average Bonchev–Trinajstić information content (AvgIpc) is 3.25. The lowest BCUT2D eigenvalue weighted by molar-refractivity contribution is 0.318. The fourth-order valence-corrected chi connectivity index (χ4v) is 5.64. The van der Waals surface area contributed by atoms with Crippen molar-refractivity contribution in [2.45, 2.75) is 32.6 Å². The molecule has 134 valence electrons. The van der Waals surface area contributed by atoms with Gasteiger partial charge in [0, 0.05) is 16.9 Å². The van der Waals surface area contributed by atoms with Gasteiger partial charge in [0.15, 0.2) is 4.96 Å². The highest BCUT2D eigenvalue weighted by molar-refractivity contribution is 7.19. The fraction of sp³-hybridized carbons (Fsp3) is 0.300. The van der Waals surface area contributed by atoms with Crippen LogP contribution in [0.4, 0.5) is 0 Å². The molecule has 0 saturated heterocycles. The molecule has 3 aromatic heterocycles. The largest absolute Gasteiger partial charge is 0.397 e. The molecular formula is C20H20N2O2S2. The first-order valence-corrected chi connectivity index (χ1v) is 10.5. The molecule has 1 aliphatic rings. The summed E-state index contributed by atoms with van der Waals surface area (Å²) in [5, 5.41) is 10.5. The Labute approximate surface area is 159 Å². The lowest BCUT2D eigenvalue weighted by Gasteiger charge is -2.09. The number of hydrogen-bond acceptors (Lipinski definition) is 5. The van der Waals surface area contributed by atoms with E-state index >= 15 is 0 Å². The minimum atomic E-state index is 0.101. The molecule has 0 radical (unpaired) electrons. The van der Waals surface area contributed by atoms with Crippen LogP contribution in [0, 0.1) is 0 Å². The number of benzene rings is 1. The number of aliphatic hydroxyl groups excluding tert-OH is 1. The molecule has 0 bridgehead atoms. The molecule has 4 nitrogen and oxygen atoms in total. The van der Waals surface area contributed by atoms with E-state index < -0.39 is 0 Å². The number of aromatic nitrogens is 2. The maximum atomic E-state index is 13.2. The van der Waals surface area contributed by atoms with E-state index in [1.807, 2.05) is 35.7 Å². The Hall–Kier alpha value is -2.02. The van der Waals surface area contributed by atoms with E-state index in [4.69, 9.17) is 10.1 Å². The van der Waals surface area contributed by atoms with Gasteiger partial charge in [-0.3, -0.25) is 9.20 Å². The predicted molar refractivity (Wildman–Crippen MR) is 110 cm³/mol. The summed E-state index contributed by atoms with van der Waals surface area (Å²) in [7, 11) is 0. The molecule has 1 aromatic carbocycles. The van der Waals surface area contributed by atoms with Crippen molar-refractivity contribution in [2.75, 3.05) is 6.61 Å². The Morgan fingerprint density at radius 3 is 2.69 bits per heavy atom. The molecule has 0 fully saturated rings. The van der Waals surface area contributed by atoms with Gasteiger partial charge in [-0.15, -0.1) is 22.7 Å². The molecule has 6 heteroatoms. The topological polar surface area (TPSA) is 54.6 Å². The summed E-state index contributed by atoms with van der Waals surface area (Å²) in [5.41, 5.74) is 3.37. The lowest BCUT2D eigenvalue weighted by Crippen LogP contribution is -2.15. The highest BCUT2D eigenvalue weighted by Crippen LogP contribution is 2.35. The number of thiazole rings is 1. The average molecular weight is 385 g/mol. The molecule has 4 aromatic rings. The van der Waals surface area contributed by atoms with Crippen molar-refractivity contribution in [1.29, 1.82) is 0 Å². The van der Waals surface area contributed by atoms with Crippen LogP contribution in [0.15, 0.2) is 40.5 Å². The molecule has 0 aliphatic heterocycles. The van der Waals surface area contributed by atoms with E-state index in [2.05, 4.69) is 0 Å². The molecule has 26 heavy (non-hydrogen) atoms. The minimum Gasteiger partial charge on any atom is -0.397 e. The van der Waals surface area contributed by atoms with Gasteiger partial charge in [0.2, 0.25) is 0 Å². The molecule has 3 heterocycles. The van der Waals surface area contributed by atoms with Gasteiger partial charge in [-0.2, -0.15) is 0 Å². The van der Waals surface area contributed by atoms with Crippen LogP contribution in [-0.4, -0.2) is 21.1 Å². The Balaban J connectivity index is 0.000000527. The zero-order valence-corrected chi connectivity index (χ0v) is 16.2. The smallest absolute Gasteiger partial charge is 0.268 e. The molecule has 1 aliphatic carbocycles. The van der Waals surface area contributed by atoms with Gasteiger partial charge in [0.1, 0.15) is 4.83 Å². The minimum absolute atomic E-state index is 0.101. The van der Waals surface area contributed by atoms with Crippen molar-refractivity contribution in [2.24, 2.45) is 0 Å². The van der Waals surface area contributed by atoms with Crippen molar-refractivity contribution in [3.05, 3.63) is 56.5 Å². The summed E-state index contributed by atoms with van der Waals surface area (Å²) in [5.74, 6) is 0. The van der Waals surface area contributed by atoms with Crippen LogP contribution in [-0.2, 0) is 12.8 Å². The zero-order chi connectivity index (χ0) is 18.1. The van der Waals surface area contributed by atoms with Crippen molar-refractivity contribution in [1.82, 2.24) is 9.38 Å². The Kier molecular flexibility index (Phi) is 4.89. The van der Waals surface area contributed by atoms with Gasteiger partial charge in [-0.1, -0.05) is 30.3 Å². The second-order valence-corrected chi connectivity index (χ2v) is 8.15. The number of fused-ring (bicyclic) bond motifs is 4. The molecule has 0 atom stereocenters. The number of hydrogen-bond donors (Lipinski definition) is 1. The van der Waals surface area contributed by atoms with Gasteiger partial charge in [0.05, 0.1) is 11.1 Å². The van der Waals surface area contributed by atoms with Crippen molar-refractivity contribution in [3.8, 4) is 11.3 Å². The van der Waals surface area contributed by atoms with Gasteiger partial charge in [-0.05, 0) is 43.7 Å². The second kappa shape index (κ2) is 7.31. The normalized spacial score (nSPS) is 13.5. The van der Waals surface area contributed by atoms with Gasteiger partial charge in [-0.25, -0.2) is 4.98 Å². The third-order valence-electron chi connectivity index (χ3n) is 4.54. The third-order valence-corrected chi connectivity index (χ3v) is 6.56. The summed E-state index contributed by atoms with van der Waals surface area (Å²) < 4.78 is 1.80. The van der Waals surface area contributed by atoms with Crippen LogP contribution < -0.4 is 5.56 Å². The predicted octanol–water partition coefficient (Wildman–Crippen LogP) is 4.52. The van der Waals surface area contributed by atoms with Crippen LogP contribution in [0.2, 0.25) is 0 Å². The quantitative estimate of drug-likeness (QED) is 0.525. The third kappa shape index (κ3) is 2.88. The lowest BCUT2D eigenvalue weighted by atomic mass is 9.97. The number of nitrogens with zero attached hydrogens (tertiary/aromatic N) is 2. The number of aliphatic hydroxyl groups is 1. The number of rotatable bonds is 1. The molecule has 0 saturated carbocycles.